The van der Waals surface area contributed by atoms with E-state index in [0.29, 0.717) is 6.42 Å². The average molecular weight is 316 g/mol. The first-order chi connectivity index (χ1) is 11.7. The Hall–Kier alpha value is -3.07. The highest BCUT2D eigenvalue weighted by Crippen LogP contribution is 2.19. The van der Waals surface area contributed by atoms with E-state index in [-0.39, 0.29) is 5.91 Å². The summed E-state index contributed by atoms with van der Waals surface area (Å²) < 4.78 is 0. The van der Waals surface area contributed by atoms with Crippen molar-refractivity contribution in [1.29, 1.82) is 0 Å². The summed E-state index contributed by atoms with van der Waals surface area (Å²) in [6.45, 7) is 2.02. The molecule has 0 spiro atoms. The molecule has 2 N–H and O–H groups in total. The van der Waals surface area contributed by atoms with E-state index in [1.54, 1.807) is 0 Å². The summed E-state index contributed by atoms with van der Waals surface area (Å²) in [6, 6.07) is 25.6. The first-order valence-corrected chi connectivity index (χ1v) is 7.97. The second kappa shape index (κ2) is 7.47. The van der Waals surface area contributed by atoms with Crippen molar-refractivity contribution in [3.8, 4) is 0 Å². The van der Waals surface area contributed by atoms with Gasteiger partial charge in [0, 0.05) is 17.1 Å². The summed E-state index contributed by atoms with van der Waals surface area (Å²) in [7, 11) is 0. The summed E-state index contributed by atoms with van der Waals surface area (Å²) in [5, 5.41) is 6.26. The van der Waals surface area contributed by atoms with E-state index in [4.69, 9.17) is 0 Å². The Bertz CT molecular complexity index is 811. The molecular formula is C21H20N2O. The van der Waals surface area contributed by atoms with Gasteiger partial charge in [-0.3, -0.25) is 4.79 Å². The van der Waals surface area contributed by atoms with Gasteiger partial charge < -0.3 is 10.6 Å². The van der Waals surface area contributed by atoms with Crippen LogP contribution in [0.5, 0.6) is 0 Å². The van der Waals surface area contributed by atoms with Gasteiger partial charge in [0.15, 0.2) is 0 Å². The van der Waals surface area contributed by atoms with Gasteiger partial charge in [-0.1, -0.05) is 42.5 Å². The van der Waals surface area contributed by atoms with Gasteiger partial charge in [0.05, 0.1) is 6.42 Å². The molecule has 0 aliphatic heterocycles. The lowest BCUT2D eigenvalue weighted by Gasteiger charge is -2.09. The first kappa shape index (κ1) is 15.8. The summed E-state index contributed by atoms with van der Waals surface area (Å²) >= 11 is 0. The molecule has 0 bridgehead atoms. The standard InChI is InChI=1S/C21H20N2O/c1-16-7-5-6-8-17(16)15-21(24)23-20-13-11-19(12-14-20)22-18-9-3-2-4-10-18/h2-14,22H,15H2,1H3,(H,23,24). The van der Waals surface area contributed by atoms with E-state index in [9.17, 15) is 4.79 Å². The maximum absolute atomic E-state index is 12.2. The predicted octanol–water partition coefficient (Wildman–Crippen LogP) is 4.92. The van der Waals surface area contributed by atoms with Crippen LogP contribution in [0.25, 0.3) is 0 Å². The van der Waals surface area contributed by atoms with Gasteiger partial charge in [-0.2, -0.15) is 0 Å². The maximum atomic E-state index is 12.2. The zero-order valence-electron chi connectivity index (χ0n) is 13.6. The van der Waals surface area contributed by atoms with Gasteiger partial charge in [0.2, 0.25) is 5.91 Å². The van der Waals surface area contributed by atoms with E-state index in [1.165, 1.54) is 0 Å². The van der Waals surface area contributed by atoms with Crippen LogP contribution in [0.3, 0.4) is 0 Å². The average Bonchev–Trinajstić information content (AvgIpc) is 2.60. The number of carbonyl (C=O) groups excluding carboxylic acids is 1. The monoisotopic (exact) mass is 316 g/mol. The molecule has 0 fully saturated rings. The van der Waals surface area contributed by atoms with Crippen molar-refractivity contribution >= 4 is 23.0 Å². The van der Waals surface area contributed by atoms with E-state index < -0.39 is 0 Å². The molecule has 24 heavy (non-hydrogen) atoms. The number of hydrogen-bond donors (Lipinski definition) is 2. The number of para-hydroxylation sites is 1. The minimum Gasteiger partial charge on any atom is -0.356 e. The number of carbonyl (C=O) groups is 1. The molecule has 3 nitrogen and oxygen atoms in total. The second-order valence-corrected chi connectivity index (χ2v) is 5.72. The van der Waals surface area contributed by atoms with Crippen LogP contribution >= 0.6 is 0 Å². The fraction of sp³-hybridized carbons (Fsp3) is 0.0952. The second-order valence-electron chi connectivity index (χ2n) is 5.72. The van der Waals surface area contributed by atoms with Crippen molar-refractivity contribution in [1.82, 2.24) is 0 Å². The van der Waals surface area contributed by atoms with Gasteiger partial charge in [-0.25, -0.2) is 0 Å². The fourth-order valence-electron chi connectivity index (χ4n) is 2.51. The molecule has 0 radical (unpaired) electrons. The Morgan fingerprint density at radius 1 is 0.750 bits per heavy atom. The minimum absolute atomic E-state index is 0.00642. The fourth-order valence-corrected chi connectivity index (χ4v) is 2.51. The van der Waals surface area contributed by atoms with Crippen molar-refractivity contribution < 1.29 is 4.79 Å². The number of nitrogens with one attached hydrogen (secondary N) is 2. The number of rotatable bonds is 5. The number of amides is 1. The Labute approximate surface area is 142 Å². The minimum atomic E-state index is -0.00642. The molecule has 3 rings (SSSR count). The number of benzene rings is 3. The highest BCUT2D eigenvalue weighted by molar-refractivity contribution is 5.92. The van der Waals surface area contributed by atoms with Crippen LogP contribution in [0.4, 0.5) is 17.1 Å². The molecule has 0 saturated heterocycles. The van der Waals surface area contributed by atoms with Gasteiger partial charge >= 0.3 is 0 Å². The van der Waals surface area contributed by atoms with Crippen LogP contribution in [-0.4, -0.2) is 5.91 Å². The Morgan fingerprint density at radius 3 is 2.04 bits per heavy atom. The van der Waals surface area contributed by atoms with Gasteiger partial charge in [0.25, 0.3) is 0 Å². The molecule has 3 aromatic rings. The van der Waals surface area contributed by atoms with Crippen LogP contribution in [-0.2, 0) is 11.2 Å². The van der Waals surface area contributed by atoms with Gasteiger partial charge in [-0.05, 0) is 54.4 Å². The maximum Gasteiger partial charge on any atom is 0.228 e. The van der Waals surface area contributed by atoms with Gasteiger partial charge in [-0.15, -0.1) is 0 Å². The molecule has 0 aromatic heterocycles. The number of hydrogen-bond acceptors (Lipinski definition) is 2. The summed E-state index contributed by atoms with van der Waals surface area (Å²) in [5.74, 6) is -0.00642. The van der Waals surface area contributed by atoms with Crippen LogP contribution in [0.15, 0.2) is 78.9 Å². The van der Waals surface area contributed by atoms with Crippen LogP contribution in [0.1, 0.15) is 11.1 Å². The lowest BCUT2D eigenvalue weighted by Crippen LogP contribution is -2.14. The summed E-state index contributed by atoms with van der Waals surface area (Å²) in [4.78, 5) is 12.2. The van der Waals surface area contributed by atoms with E-state index in [0.717, 1.165) is 28.2 Å². The third-order valence-electron chi connectivity index (χ3n) is 3.84. The summed E-state index contributed by atoms with van der Waals surface area (Å²) in [6.07, 6.45) is 0.386. The Kier molecular flexibility index (Phi) is 4.92. The normalized spacial score (nSPS) is 10.2. The van der Waals surface area contributed by atoms with Crippen molar-refractivity contribution in [3.05, 3.63) is 90.0 Å². The zero-order chi connectivity index (χ0) is 16.8. The Morgan fingerprint density at radius 2 is 1.33 bits per heavy atom. The molecule has 0 heterocycles. The van der Waals surface area contributed by atoms with Gasteiger partial charge in [0.1, 0.15) is 0 Å². The van der Waals surface area contributed by atoms with Crippen molar-refractivity contribution in [2.45, 2.75) is 13.3 Å². The van der Waals surface area contributed by atoms with Crippen molar-refractivity contribution in [2.24, 2.45) is 0 Å². The lowest BCUT2D eigenvalue weighted by atomic mass is 10.1. The molecule has 0 aliphatic carbocycles. The topological polar surface area (TPSA) is 41.1 Å². The number of aryl methyl sites for hydroxylation is 1. The third-order valence-corrected chi connectivity index (χ3v) is 3.84. The highest BCUT2D eigenvalue weighted by Gasteiger charge is 2.06. The molecule has 0 atom stereocenters. The molecular weight excluding hydrogens is 296 g/mol. The van der Waals surface area contributed by atoms with Crippen LogP contribution < -0.4 is 10.6 Å². The van der Waals surface area contributed by atoms with E-state index in [1.807, 2.05) is 85.8 Å². The first-order valence-electron chi connectivity index (χ1n) is 7.97. The van der Waals surface area contributed by atoms with Crippen LogP contribution in [0, 0.1) is 6.92 Å². The molecule has 0 aliphatic rings. The molecule has 0 saturated carbocycles. The lowest BCUT2D eigenvalue weighted by molar-refractivity contribution is -0.115. The van der Waals surface area contributed by atoms with Crippen molar-refractivity contribution in [3.63, 3.8) is 0 Å². The van der Waals surface area contributed by atoms with Crippen LogP contribution in [0.2, 0.25) is 0 Å². The quantitative estimate of drug-likeness (QED) is 0.701. The summed E-state index contributed by atoms with van der Waals surface area (Å²) in [5.41, 5.74) is 5.01. The Balaban J connectivity index is 1.60. The molecule has 1 amide bonds. The molecule has 3 aromatic carbocycles. The predicted molar refractivity (Wildman–Crippen MR) is 99.7 cm³/mol. The molecule has 0 unspecified atom stereocenters. The smallest absolute Gasteiger partial charge is 0.228 e. The largest absolute Gasteiger partial charge is 0.356 e. The zero-order valence-corrected chi connectivity index (χ0v) is 13.6. The molecule has 3 heteroatoms. The highest BCUT2D eigenvalue weighted by atomic mass is 16.1. The number of anilines is 3. The van der Waals surface area contributed by atoms with Crippen molar-refractivity contribution in [2.75, 3.05) is 10.6 Å². The third kappa shape index (κ3) is 4.23. The SMILES string of the molecule is Cc1ccccc1CC(=O)Nc1ccc(Nc2ccccc2)cc1. The molecule has 120 valence electrons. The van der Waals surface area contributed by atoms with E-state index in [2.05, 4.69) is 10.6 Å². The van der Waals surface area contributed by atoms with E-state index >= 15 is 0 Å².